The molecular formula is C16H12O6. The molecule has 0 spiro atoms. The summed E-state index contributed by atoms with van der Waals surface area (Å²) >= 11 is 0. The number of fused-ring (bicyclic) bond motifs is 2. The van der Waals surface area contributed by atoms with E-state index in [0.29, 0.717) is 5.56 Å². The predicted molar refractivity (Wildman–Crippen MR) is 79.4 cm³/mol. The molecule has 1 aromatic heterocycles. The number of rotatable bonds is 1. The number of aryl methyl sites for hydroxylation is 1. The molecule has 2 N–H and O–H groups in total. The molecule has 0 bridgehead atoms. The summed E-state index contributed by atoms with van der Waals surface area (Å²) in [6, 6.07) is 5.65. The van der Waals surface area contributed by atoms with Crippen LogP contribution in [0.1, 0.15) is 15.9 Å². The van der Waals surface area contributed by atoms with Gasteiger partial charge in [-0.1, -0.05) is 0 Å². The second-order valence-corrected chi connectivity index (χ2v) is 4.92. The zero-order chi connectivity index (χ0) is 16.0. The van der Waals surface area contributed by atoms with Gasteiger partial charge in [-0.2, -0.15) is 0 Å². The maximum absolute atomic E-state index is 12.5. The summed E-state index contributed by atoms with van der Waals surface area (Å²) < 4.78 is 10.1. The Hall–Kier alpha value is -3.02. The molecule has 0 radical (unpaired) electrons. The van der Waals surface area contributed by atoms with Crippen LogP contribution in [0.2, 0.25) is 0 Å². The summed E-state index contributed by atoms with van der Waals surface area (Å²) in [6.45, 7) is 1.73. The fourth-order valence-corrected chi connectivity index (χ4v) is 2.42. The Bertz CT molecular complexity index is 983. The number of hydrogen-bond acceptors (Lipinski definition) is 6. The number of hydrogen-bond donors (Lipinski definition) is 2. The molecular weight excluding hydrogens is 288 g/mol. The SMILES string of the molecule is COC(=O)c1ccc2c(=O)c3c(O)cc(C)cc3oc2c1O. The first-order chi connectivity index (χ1) is 10.4. The van der Waals surface area contributed by atoms with Crippen LogP contribution in [-0.4, -0.2) is 23.3 Å². The molecule has 3 aromatic rings. The Morgan fingerprint density at radius 3 is 2.64 bits per heavy atom. The van der Waals surface area contributed by atoms with Gasteiger partial charge in [-0.05, 0) is 36.8 Å². The zero-order valence-electron chi connectivity index (χ0n) is 11.8. The van der Waals surface area contributed by atoms with Crippen molar-refractivity contribution >= 4 is 27.9 Å². The first-order valence-corrected chi connectivity index (χ1v) is 6.44. The molecule has 6 nitrogen and oxygen atoms in total. The van der Waals surface area contributed by atoms with Crippen LogP contribution < -0.4 is 5.43 Å². The Labute approximate surface area is 124 Å². The van der Waals surface area contributed by atoms with E-state index < -0.39 is 17.1 Å². The lowest BCUT2D eigenvalue weighted by Crippen LogP contribution is -2.06. The maximum atomic E-state index is 12.5. The number of esters is 1. The number of ether oxygens (including phenoxy) is 1. The highest BCUT2D eigenvalue weighted by Gasteiger charge is 2.20. The largest absolute Gasteiger partial charge is 0.507 e. The van der Waals surface area contributed by atoms with Crippen molar-refractivity contribution in [1.82, 2.24) is 0 Å². The van der Waals surface area contributed by atoms with Crippen molar-refractivity contribution in [2.24, 2.45) is 0 Å². The second kappa shape index (κ2) is 4.77. The summed E-state index contributed by atoms with van der Waals surface area (Å²) in [5.74, 6) is -1.40. The monoisotopic (exact) mass is 300 g/mol. The molecule has 0 saturated heterocycles. The predicted octanol–water partition coefficient (Wildman–Crippen LogP) is 2.45. The quantitative estimate of drug-likeness (QED) is 0.529. The van der Waals surface area contributed by atoms with Crippen LogP contribution in [0.25, 0.3) is 21.9 Å². The molecule has 3 rings (SSSR count). The molecule has 0 fully saturated rings. The summed E-state index contributed by atoms with van der Waals surface area (Å²) in [6.07, 6.45) is 0. The standard InChI is InChI=1S/C16H12O6/c1-7-5-10(17)12-11(6-7)22-15-8(13(12)18)3-4-9(14(15)19)16(20)21-2/h3-6,17,19H,1-2H3. The normalized spacial score (nSPS) is 11.0. The molecule has 112 valence electrons. The van der Waals surface area contributed by atoms with Crippen LogP contribution in [0.5, 0.6) is 11.5 Å². The van der Waals surface area contributed by atoms with Gasteiger partial charge in [-0.25, -0.2) is 4.79 Å². The van der Waals surface area contributed by atoms with Gasteiger partial charge < -0.3 is 19.4 Å². The van der Waals surface area contributed by atoms with Gasteiger partial charge in [-0.15, -0.1) is 0 Å². The highest BCUT2D eigenvalue weighted by molar-refractivity contribution is 6.02. The van der Waals surface area contributed by atoms with Gasteiger partial charge in [0, 0.05) is 0 Å². The molecule has 0 atom stereocenters. The Kier molecular flexibility index (Phi) is 3.02. The third-order valence-corrected chi connectivity index (χ3v) is 3.45. The number of carbonyl (C=O) groups is 1. The van der Waals surface area contributed by atoms with E-state index in [1.54, 1.807) is 13.0 Å². The van der Waals surface area contributed by atoms with E-state index in [-0.39, 0.29) is 33.3 Å². The third-order valence-electron chi connectivity index (χ3n) is 3.45. The van der Waals surface area contributed by atoms with Gasteiger partial charge in [0.2, 0.25) is 5.43 Å². The first-order valence-electron chi connectivity index (χ1n) is 6.44. The number of methoxy groups -OCH3 is 1. The Morgan fingerprint density at radius 1 is 1.23 bits per heavy atom. The molecule has 0 unspecified atom stereocenters. The van der Waals surface area contributed by atoms with E-state index in [1.807, 2.05) is 0 Å². The van der Waals surface area contributed by atoms with Crippen molar-refractivity contribution in [3.8, 4) is 11.5 Å². The summed E-state index contributed by atoms with van der Waals surface area (Å²) in [5, 5.41) is 20.2. The van der Waals surface area contributed by atoms with Gasteiger partial charge >= 0.3 is 5.97 Å². The van der Waals surface area contributed by atoms with Crippen LogP contribution in [0, 0.1) is 6.92 Å². The molecule has 0 aliphatic heterocycles. The van der Waals surface area contributed by atoms with Crippen LogP contribution in [0.4, 0.5) is 0 Å². The highest BCUT2D eigenvalue weighted by atomic mass is 16.5. The van der Waals surface area contributed by atoms with Crippen LogP contribution >= 0.6 is 0 Å². The van der Waals surface area contributed by atoms with Crippen molar-refractivity contribution in [2.75, 3.05) is 7.11 Å². The van der Waals surface area contributed by atoms with Crippen molar-refractivity contribution in [3.63, 3.8) is 0 Å². The van der Waals surface area contributed by atoms with Gasteiger partial charge in [0.05, 0.1) is 12.5 Å². The number of benzene rings is 2. The van der Waals surface area contributed by atoms with Crippen molar-refractivity contribution in [2.45, 2.75) is 6.92 Å². The lowest BCUT2D eigenvalue weighted by atomic mass is 10.1. The zero-order valence-corrected chi connectivity index (χ0v) is 11.8. The number of phenolic OH excluding ortho intramolecular Hbond substituents is 2. The topological polar surface area (TPSA) is 97.0 Å². The van der Waals surface area contributed by atoms with Gasteiger partial charge in [0.1, 0.15) is 22.3 Å². The number of phenols is 2. The van der Waals surface area contributed by atoms with E-state index in [1.165, 1.54) is 25.3 Å². The molecule has 6 heteroatoms. The number of carbonyl (C=O) groups excluding carboxylic acids is 1. The molecule has 0 amide bonds. The van der Waals surface area contributed by atoms with Gasteiger partial charge in [0.15, 0.2) is 11.3 Å². The lowest BCUT2D eigenvalue weighted by molar-refractivity contribution is 0.0597. The average Bonchev–Trinajstić information content (AvgIpc) is 2.47. The lowest BCUT2D eigenvalue weighted by Gasteiger charge is -2.08. The van der Waals surface area contributed by atoms with E-state index in [2.05, 4.69) is 4.74 Å². The van der Waals surface area contributed by atoms with E-state index in [9.17, 15) is 19.8 Å². The summed E-state index contributed by atoms with van der Waals surface area (Å²) in [7, 11) is 1.18. The highest BCUT2D eigenvalue weighted by Crippen LogP contribution is 2.32. The Morgan fingerprint density at radius 2 is 1.95 bits per heavy atom. The molecule has 0 saturated carbocycles. The summed E-state index contributed by atoms with van der Waals surface area (Å²) in [5.41, 5.74) is 0.115. The van der Waals surface area contributed by atoms with Crippen molar-refractivity contribution < 1.29 is 24.2 Å². The van der Waals surface area contributed by atoms with E-state index in [0.717, 1.165) is 0 Å². The van der Waals surface area contributed by atoms with Gasteiger partial charge in [0.25, 0.3) is 0 Å². The maximum Gasteiger partial charge on any atom is 0.341 e. The molecule has 22 heavy (non-hydrogen) atoms. The van der Waals surface area contributed by atoms with Crippen LogP contribution in [0.3, 0.4) is 0 Å². The van der Waals surface area contributed by atoms with E-state index in [4.69, 9.17) is 4.42 Å². The summed E-state index contributed by atoms with van der Waals surface area (Å²) in [4.78, 5) is 24.1. The Balaban J connectivity index is 2.50. The molecule has 2 aromatic carbocycles. The minimum absolute atomic E-state index is 0.0309. The number of aromatic hydroxyl groups is 2. The minimum Gasteiger partial charge on any atom is -0.507 e. The van der Waals surface area contributed by atoms with Crippen LogP contribution in [-0.2, 0) is 4.74 Å². The fraction of sp³-hybridized carbons (Fsp3) is 0.125. The van der Waals surface area contributed by atoms with Gasteiger partial charge in [-0.3, -0.25) is 4.79 Å². The minimum atomic E-state index is -0.741. The fourth-order valence-electron chi connectivity index (χ4n) is 2.42. The molecule has 0 aliphatic carbocycles. The third kappa shape index (κ3) is 1.88. The smallest absolute Gasteiger partial charge is 0.341 e. The average molecular weight is 300 g/mol. The van der Waals surface area contributed by atoms with Crippen molar-refractivity contribution in [3.05, 3.63) is 45.6 Å². The second-order valence-electron chi connectivity index (χ2n) is 4.92. The molecule has 0 aliphatic rings. The van der Waals surface area contributed by atoms with E-state index >= 15 is 0 Å². The van der Waals surface area contributed by atoms with Crippen LogP contribution in [0.15, 0.2) is 33.5 Å². The first kappa shape index (κ1) is 13.9. The van der Waals surface area contributed by atoms with Crippen molar-refractivity contribution in [1.29, 1.82) is 0 Å². The molecule has 1 heterocycles.